The van der Waals surface area contributed by atoms with Gasteiger partial charge < -0.3 is 14.2 Å². The van der Waals surface area contributed by atoms with Gasteiger partial charge in [0.2, 0.25) is 5.91 Å². The monoisotopic (exact) mass is 541 g/mol. The van der Waals surface area contributed by atoms with Crippen molar-refractivity contribution >= 4 is 11.9 Å². The third kappa shape index (κ3) is 10.9. The van der Waals surface area contributed by atoms with Gasteiger partial charge in [-0.1, -0.05) is 67.5 Å². The van der Waals surface area contributed by atoms with Crippen LogP contribution in [-0.4, -0.2) is 47.6 Å². The topological polar surface area (TPSA) is 94.1 Å². The number of fused-ring (bicyclic) bond motifs is 4. The molecule has 3 heterocycles. The summed E-state index contributed by atoms with van der Waals surface area (Å²) in [7, 11) is 0. The lowest BCUT2D eigenvalue weighted by atomic mass is 9.90. The van der Waals surface area contributed by atoms with E-state index in [9.17, 15) is 9.59 Å². The van der Waals surface area contributed by atoms with Crippen LogP contribution in [0, 0.1) is 11.8 Å². The van der Waals surface area contributed by atoms with Crippen molar-refractivity contribution in [1.82, 2.24) is 5.48 Å². The molecule has 0 saturated carbocycles. The van der Waals surface area contributed by atoms with Crippen LogP contribution < -0.4 is 5.48 Å². The first kappa shape index (κ1) is 31.1. The molecule has 0 radical (unpaired) electrons. The van der Waals surface area contributed by atoms with E-state index in [2.05, 4.69) is 39.0 Å². The van der Waals surface area contributed by atoms with Gasteiger partial charge in [0.05, 0.1) is 30.8 Å². The van der Waals surface area contributed by atoms with Gasteiger partial charge in [-0.05, 0) is 64.4 Å². The van der Waals surface area contributed by atoms with Crippen LogP contribution in [0.2, 0.25) is 0 Å². The molecule has 216 valence electrons. The fourth-order valence-corrected chi connectivity index (χ4v) is 5.64. The number of hydrogen-bond donors (Lipinski definition) is 2. The molecule has 3 aliphatic heterocycles. The molecular formula is C32H47NO6. The third-order valence-corrected chi connectivity index (χ3v) is 7.76. The van der Waals surface area contributed by atoms with Gasteiger partial charge in [0.25, 0.3) is 0 Å². The van der Waals surface area contributed by atoms with E-state index in [1.165, 1.54) is 12.0 Å². The second-order valence-electron chi connectivity index (χ2n) is 11.4. The largest absolute Gasteiger partial charge is 0.457 e. The minimum absolute atomic E-state index is 0.00868. The van der Waals surface area contributed by atoms with Gasteiger partial charge in [-0.3, -0.25) is 14.8 Å². The summed E-state index contributed by atoms with van der Waals surface area (Å²) in [5.41, 5.74) is 3.78. The number of carbonyl (C=O) groups excluding carboxylic acids is 2. The van der Waals surface area contributed by atoms with Crippen molar-refractivity contribution in [2.45, 2.75) is 116 Å². The first-order chi connectivity index (χ1) is 18.7. The van der Waals surface area contributed by atoms with E-state index in [-0.39, 0.29) is 49.1 Å². The third-order valence-electron chi connectivity index (χ3n) is 7.76. The first-order valence-electron chi connectivity index (χ1n) is 14.5. The Hall–Kier alpha value is -2.48. The zero-order chi connectivity index (χ0) is 28.2. The number of nitrogens with one attached hydrogen (secondary N) is 1. The van der Waals surface area contributed by atoms with Crippen molar-refractivity contribution in [3.05, 3.63) is 59.8 Å². The van der Waals surface area contributed by atoms with Gasteiger partial charge in [-0.25, -0.2) is 5.48 Å². The average Bonchev–Trinajstić information content (AvgIpc) is 2.90. The number of esters is 1. The molecule has 0 spiro atoms. The zero-order valence-corrected chi connectivity index (χ0v) is 24.0. The molecule has 0 aromatic rings. The average molecular weight is 542 g/mol. The van der Waals surface area contributed by atoms with E-state index < -0.39 is 12.0 Å². The van der Waals surface area contributed by atoms with Gasteiger partial charge in [-0.15, -0.1) is 0 Å². The smallest absolute Gasteiger partial charge is 0.309 e. The minimum atomic E-state index is -0.454. The maximum atomic E-state index is 13.1. The van der Waals surface area contributed by atoms with Crippen molar-refractivity contribution in [3.63, 3.8) is 0 Å². The standard InChI is InChI=1S/C32H47NO6/c1-5-25-18-28-20-27-12-9-11-26(37-27)16-23(3)14-15-24(4)30(39-32(35)21-29(19-25)38-28)13-8-6-7-10-22(2)17-31(34)33-36/h5-8,10,13-15,23-24,26-30,36H,9,11-12,16-21H2,1-4H3,(H,33,34). The highest BCUT2D eigenvalue weighted by molar-refractivity contribution is 5.77. The Balaban J connectivity index is 1.75. The van der Waals surface area contributed by atoms with Crippen LogP contribution in [-0.2, 0) is 23.8 Å². The number of allylic oxidation sites excluding steroid dienone is 6. The summed E-state index contributed by atoms with van der Waals surface area (Å²) in [5, 5.41) is 8.66. The number of ether oxygens (including phenoxy) is 3. The molecule has 7 heteroatoms. The normalized spacial score (nSPS) is 34.4. The molecule has 7 atom stereocenters. The molecular weight excluding hydrogens is 494 g/mol. The lowest BCUT2D eigenvalue weighted by molar-refractivity contribution is -0.154. The number of rotatable bonds is 5. The molecule has 7 nitrogen and oxygen atoms in total. The van der Waals surface area contributed by atoms with E-state index in [1.54, 1.807) is 5.48 Å². The van der Waals surface area contributed by atoms with Crippen molar-refractivity contribution in [2.75, 3.05) is 0 Å². The number of carbonyl (C=O) groups is 2. The van der Waals surface area contributed by atoms with Crippen molar-refractivity contribution < 1.29 is 29.0 Å². The second kappa shape index (κ2) is 15.9. The van der Waals surface area contributed by atoms with E-state index in [0.29, 0.717) is 5.92 Å². The molecule has 3 aliphatic rings. The van der Waals surface area contributed by atoms with Gasteiger partial charge >= 0.3 is 5.97 Å². The molecule has 3 rings (SSSR count). The Morgan fingerprint density at radius 1 is 1.00 bits per heavy atom. The molecule has 2 saturated heterocycles. The van der Waals surface area contributed by atoms with Crippen LogP contribution in [0.3, 0.4) is 0 Å². The van der Waals surface area contributed by atoms with Crippen molar-refractivity contribution in [3.8, 4) is 0 Å². The highest BCUT2D eigenvalue weighted by Crippen LogP contribution is 2.33. The maximum absolute atomic E-state index is 13.1. The van der Waals surface area contributed by atoms with E-state index in [1.807, 2.05) is 37.3 Å². The molecule has 4 bridgehead atoms. The summed E-state index contributed by atoms with van der Waals surface area (Å²) >= 11 is 0. The Kier molecular flexibility index (Phi) is 12.7. The predicted molar refractivity (Wildman–Crippen MR) is 152 cm³/mol. The van der Waals surface area contributed by atoms with E-state index in [4.69, 9.17) is 19.4 Å². The number of cyclic esters (lactones) is 1. The number of hydroxylamine groups is 1. The fraction of sp³-hybridized carbons (Fsp3) is 0.625. The summed E-state index contributed by atoms with van der Waals surface area (Å²) in [6, 6.07) is 0. The van der Waals surface area contributed by atoms with Gasteiger partial charge in [-0.2, -0.15) is 0 Å². The van der Waals surface area contributed by atoms with Crippen LogP contribution in [0.4, 0.5) is 0 Å². The Bertz CT molecular complexity index is 964. The number of hydrogen-bond acceptors (Lipinski definition) is 6. The Morgan fingerprint density at radius 3 is 2.46 bits per heavy atom. The van der Waals surface area contributed by atoms with Gasteiger partial charge in [0.15, 0.2) is 0 Å². The van der Waals surface area contributed by atoms with Gasteiger partial charge in [0.1, 0.15) is 6.10 Å². The first-order valence-corrected chi connectivity index (χ1v) is 14.5. The molecule has 0 aromatic carbocycles. The molecule has 2 fully saturated rings. The van der Waals surface area contributed by atoms with E-state index in [0.717, 1.165) is 44.1 Å². The SMILES string of the molecule is CC=C1CC2CC(=O)OC(C=CC=CC=C(C)CC(=O)NO)C(C)C=CC(C)CC3CCCC(CC(C1)O2)O3. The highest BCUT2D eigenvalue weighted by atomic mass is 16.5. The minimum Gasteiger partial charge on any atom is -0.457 e. The zero-order valence-electron chi connectivity index (χ0n) is 24.0. The molecule has 0 aromatic heterocycles. The fourth-order valence-electron chi connectivity index (χ4n) is 5.64. The second-order valence-corrected chi connectivity index (χ2v) is 11.4. The summed E-state index contributed by atoms with van der Waals surface area (Å²) in [6.07, 6.45) is 22.9. The van der Waals surface area contributed by atoms with Crippen molar-refractivity contribution in [2.24, 2.45) is 11.8 Å². The summed E-state index contributed by atoms with van der Waals surface area (Å²) in [6.45, 7) is 8.16. The summed E-state index contributed by atoms with van der Waals surface area (Å²) in [4.78, 5) is 24.4. The maximum Gasteiger partial charge on any atom is 0.309 e. The quantitative estimate of drug-likeness (QED) is 0.140. The predicted octanol–water partition coefficient (Wildman–Crippen LogP) is 6.30. The van der Waals surface area contributed by atoms with Crippen LogP contribution >= 0.6 is 0 Å². The number of amides is 1. The molecule has 7 unspecified atom stereocenters. The van der Waals surface area contributed by atoms with Crippen LogP contribution in [0.1, 0.15) is 85.5 Å². The Morgan fingerprint density at radius 2 is 1.72 bits per heavy atom. The van der Waals surface area contributed by atoms with Crippen LogP contribution in [0.15, 0.2) is 59.8 Å². The molecule has 39 heavy (non-hydrogen) atoms. The lowest BCUT2D eigenvalue weighted by Gasteiger charge is -2.37. The molecule has 1 amide bonds. The van der Waals surface area contributed by atoms with E-state index >= 15 is 0 Å². The van der Waals surface area contributed by atoms with Crippen LogP contribution in [0.5, 0.6) is 0 Å². The molecule has 0 aliphatic carbocycles. The Labute approximate surface area is 234 Å². The van der Waals surface area contributed by atoms with Crippen molar-refractivity contribution in [1.29, 1.82) is 0 Å². The lowest BCUT2D eigenvalue weighted by Crippen LogP contribution is -2.37. The molecule has 2 N–H and O–H groups in total. The van der Waals surface area contributed by atoms with Gasteiger partial charge in [0, 0.05) is 18.8 Å². The van der Waals surface area contributed by atoms with Crippen LogP contribution in [0.25, 0.3) is 0 Å². The summed E-state index contributed by atoms with van der Waals surface area (Å²) in [5.74, 6) is -0.357. The summed E-state index contributed by atoms with van der Waals surface area (Å²) < 4.78 is 18.9. The highest BCUT2D eigenvalue weighted by Gasteiger charge is 2.32.